The lowest BCUT2D eigenvalue weighted by Crippen LogP contribution is -2.42. The number of rotatable bonds is 2. The summed E-state index contributed by atoms with van der Waals surface area (Å²) in [6, 6.07) is 0. The molecular formula is C11H18O3. The van der Waals surface area contributed by atoms with Gasteiger partial charge in [0.25, 0.3) is 0 Å². The van der Waals surface area contributed by atoms with Crippen molar-refractivity contribution in [1.29, 1.82) is 0 Å². The molecule has 2 fully saturated rings. The minimum Gasteiger partial charge on any atom is -0.347 e. The molecule has 2 rings (SSSR count). The number of hydrogen-bond acceptors (Lipinski definition) is 3. The van der Waals surface area contributed by atoms with Crippen LogP contribution in [0.3, 0.4) is 0 Å². The molecule has 1 spiro atoms. The van der Waals surface area contributed by atoms with Crippen LogP contribution in [-0.4, -0.2) is 24.8 Å². The fraction of sp³-hybridized carbons (Fsp3) is 0.909. The third-order valence-electron chi connectivity index (χ3n) is 3.26. The van der Waals surface area contributed by atoms with Gasteiger partial charge in [-0.3, -0.25) is 0 Å². The van der Waals surface area contributed by atoms with E-state index in [2.05, 4.69) is 0 Å². The lowest BCUT2D eigenvalue weighted by atomic mass is 9.80. The van der Waals surface area contributed by atoms with Crippen molar-refractivity contribution in [3.8, 4) is 0 Å². The largest absolute Gasteiger partial charge is 0.347 e. The molecule has 0 radical (unpaired) electrons. The van der Waals surface area contributed by atoms with Crippen molar-refractivity contribution >= 4 is 5.78 Å². The first kappa shape index (κ1) is 10.1. The molecule has 1 saturated carbocycles. The van der Waals surface area contributed by atoms with Crippen molar-refractivity contribution in [3.63, 3.8) is 0 Å². The zero-order chi connectivity index (χ0) is 10.0. The molecule has 0 aromatic rings. The van der Waals surface area contributed by atoms with Gasteiger partial charge in [0.15, 0.2) is 5.79 Å². The summed E-state index contributed by atoms with van der Waals surface area (Å²) in [5.41, 5.74) is 0. The maximum Gasteiger partial charge on any atom is 0.171 e. The van der Waals surface area contributed by atoms with Crippen LogP contribution in [0.1, 0.15) is 39.0 Å². The van der Waals surface area contributed by atoms with E-state index in [0.717, 1.165) is 19.3 Å². The molecule has 80 valence electrons. The van der Waals surface area contributed by atoms with Crippen LogP contribution >= 0.6 is 0 Å². The fourth-order valence-corrected chi connectivity index (χ4v) is 2.64. The molecule has 3 heteroatoms. The van der Waals surface area contributed by atoms with Crippen LogP contribution in [-0.2, 0) is 14.3 Å². The number of hydrogen-bond donors (Lipinski definition) is 0. The highest BCUT2D eigenvalue weighted by atomic mass is 16.7. The smallest absolute Gasteiger partial charge is 0.171 e. The maximum atomic E-state index is 11.1. The van der Waals surface area contributed by atoms with Gasteiger partial charge in [0.2, 0.25) is 0 Å². The van der Waals surface area contributed by atoms with Gasteiger partial charge >= 0.3 is 0 Å². The molecule has 3 nitrogen and oxygen atoms in total. The Balaban J connectivity index is 2.06. The molecule has 0 aromatic carbocycles. The molecule has 0 amide bonds. The van der Waals surface area contributed by atoms with Gasteiger partial charge in [-0.2, -0.15) is 0 Å². The number of carbonyl (C=O) groups excluding carboxylic acids is 1. The Morgan fingerprint density at radius 1 is 1.36 bits per heavy atom. The first-order valence-corrected chi connectivity index (χ1v) is 5.50. The summed E-state index contributed by atoms with van der Waals surface area (Å²) in [6.07, 6.45) is 5.01. The number of ketones is 1. The maximum absolute atomic E-state index is 11.1. The number of Topliss-reactive ketones (excluding diaryl/α,β-unsaturated/α-hetero) is 1. The van der Waals surface area contributed by atoms with Gasteiger partial charge in [0.1, 0.15) is 5.78 Å². The molecule has 0 unspecified atom stereocenters. The van der Waals surface area contributed by atoms with E-state index in [1.807, 2.05) is 0 Å². The van der Waals surface area contributed by atoms with E-state index in [4.69, 9.17) is 9.47 Å². The molecule has 1 atom stereocenters. The molecule has 0 aromatic heterocycles. The fourth-order valence-electron chi connectivity index (χ4n) is 2.64. The Morgan fingerprint density at radius 2 is 2.07 bits per heavy atom. The second kappa shape index (κ2) is 3.99. The SMILES string of the molecule is CC(=O)C[C@@H]1CCCCC12OCCO2. The molecule has 0 bridgehead atoms. The van der Waals surface area contributed by atoms with E-state index < -0.39 is 5.79 Å². The second-order valence-corrected chi connectivity index (χ2v) is 4.36. The van der Waals surface area contributed by atoms with E-state index in [-0.39, 0.29) is 11.7 Å². The molecule has 2 aliphatic rings. The summed E-state index contributed by atoms with van der Waals surface area (Å²) in [5, 5.41) is 0. The molecule has 1 aliphatic heterocycles. The molecule has 1 saturated heterocycles. The highest BCUT2D eigenvalue weighted by molar-refractivity contribution is 5.75. The Morgan fingerprint density at radius 3 is 2.71 bits per heavy atom. The van der Waals surface area contributed by atoms with Crippen molar-refractivity contribution in [2.75, 3.05) is 13.2 Å². The summed E-state index contributed by atoms with van der Waals surface area (Å²) in [6.45, 7) is 3.03. The Bertz CT molecular complexity index is 219. The summed E-state index contributed by atoms with van der Waals surface area (Å²) >= 11 is 0. The lowest BCUT2D eigenvalue weighted by Gasteiger charge is -2.38. The van der Waals surface area contributed by atoms with E-state index in [9.17, 15) is 4.79 Å². The van der Waals surface area contributed by atoms with Gasteiger partial charge in [-0.05, 0) is 19.8 Å². The summed E-state index contributed by atoms with van der Waals surface area (Å²) in [7, 11) is 0. The Kier molecular flexibility index (Phi) is 2.88. The molecule has 1 aliphatic carbocycles. The van der Waals surface area contributed by atoms with Gasteiger partial charge in [0.05, 0.1) is 13.2 Å². The lowest BCUT2D eigenvalue weighted by molar-refractivity contribution is -0.213. The molecular weight excluding hydrogens is 180 g/mol. The minimum absolute atomic E-state index is 0.246. The van der Waals surface area contributed by atoms with Gasteiger partial charge in [-0.15, -0.1) is 0 Å². The Labute approximate surface area is 84.8 Å². The topological polar surface area (TPSA) is 35.5 Å². The van der Waals surface area contributed by atoms with Crippen molar-refractivity contribution in [2.24, 2.45) is 5.92 Å². The quantitative estimate of drug-likeness (QED) is 0.679. The van der Waals surface area contributed by atoms with Crippen LogP contribution in [0.4, 0.5) is 0 Å². The van der Waals surface area contributed by atoms with Crippen molar-refractivity contribution in [3.05, 3.63) is 0 Å². The highest BCUT2D eigenvalue weighted by Gasteiger charge is 2.45. The van der Waals surface area contributed by atoms with Crippen LogP contribution in [0.25, 0.3) is 0 Å². The standard InChI is InChI=1S/C11H18O3/c1-9(12)8-10-4-2-3-5-11(10)13-6-7-14-11/h10H,2-8H2,1H3/t10-/m0/s1. The van der Waals surface area contributed by atoms with Gasteiger partial charge in [-0.1, -0.05) is 6.42 Å². The van der Waals surface area contributed by atoms with Crippen LogP contribution in [0.15, 0.2) is 0 Å². The van der Waals surface area contributed by atoms with Crippen LogP contribution in [0, 0.1) is 5.92 Å². The van der Waals surface area contributed by atoms with E-state index in [1.54, 1.807) is 6.92 Å². The average Bonchev–Trinajstić information content (AvgIpc) is 2.58. The molecule has 14 heavy (non-hydrogen) atoms. The summed E-state index contributed by atoms with van der Waals surface area (Å²) in [4.78, 5) is 11.1. The third-order valence-corrected chi connectivity index (χ3v) is 3.26. The predicted octanol–water partition coefficient (Wildman–Crippen LogP) is 1.90. The van der Waals surface area contributed by atoms with E-state index in [1.165, 1.54) is 6.42 Å². The number of carbonyl (C=O) groups is 1. The molecule has 0 N–H and O–H groups in total. The van der Waals surface area contributed by atoms with Crippen molar-refractivity contribution in [1.82, 2.24) is 0 Å². The zero-order valence-corrected chi connectivity index (χ0v) is 8.75. The highest BCUT2D eigenvalue weighted by Crippen LogP contribution is 2.42. The molecule has 1 heterocycles. The number of ether oxygens (including phenoxy) is 2. The first-order valence-electron chi connectivity index (χ1n) is 5.50. The minimum atomic E-state index is -0.399. The predicted molar refractivity (Wildman–Crippen MR) is 51.9 cm³/mol. The summed E-state index contributed by atoms with van der Waals surface area (Å²) < 4.78 is 11.4. The normalized spacial score (nSPS) is 30.8. The van der Waals surface area contributed by atoms with E-state index in [0.29, 0.717) is 19.6 Å². The first-order chi connectivity index (χ1) is 6.73. The zero-order valence-electron chi connectivity index (χ0n) is 8.75. The van der Waals surface area contributed by atoms with Gasteiger partial charge < -0.3 is 14.3 Å². The second-order valence-electron chi connectivity index (χ2n) is 4.36. The Hall–Kier alpha value is -0.410. The summed E-state index contributed by atoms with van der Waals surface area (Å²) in [5.74, 6) is 0.135. The monoisotopic (exact) mass is 198 g/mol. The van der Waals surface area contributed by atoms with Crippen LogP contribution < -0.4 is 0 Å². The van der Waals surface area contributed by atoms with Crippen LogP contribution in [0.2, 0.25) is 0 Å². The van der Waals surface area contributed by atoms with Crippen molar-refractivity contribution < 1.29 is 14.3 Å². The van der Waals surface area contributed by atoms with Crippen molar-refractivity contribution in [2.45, 2.75) is 44.8 Å². The van der Waals surface area contributed by atoms with Gasteiger partial charge in [-0.25, -0.2) is 0 Å². The van der Waals surface area contributed by atoms with E-state index >= 15 is 0 Å². The average molecular weight is 198 g/mol. The third kappa shape index (κ3) is 1.84. The van der Waals surface area contributed by atoms with Crippen LogP contribution in [0.5, 0.6) is 0 Å². The van der Waals surface area contributed by atoms with Gasteiger partial charge in [0, 0.05) is 18.8 Å².